The SMILES string of the molecule is CN=C(NCC(=O)N1CCc2sccc2C1)NCC(C)c1ccsc1. The molecule has 1 aliphatic rings. The van der Waals surface area contributed by atoms with Gasteiger partial charge >= 0.3 is 0 Å². The molecule has 3 rings (SSSR count). The Morgan fingerprint density at radius 3 is 3.00 bits per heavy atom. The summed E-state index contributed by atoms with van der Waals surface area (Å²) in [6, 6.07) is 4.27. The predicted octanol–water partition coefficient (Wildman–Crippen LogP) is 2.66. The largest absolute Gasteiger partial charge is 0.356 e. The van der Waals surface area contributed by atoms with Crippen molar-refractivity contribution in [2.24, 2.45) is 4.99 Å². The summed E-state index contributed by atoms with van der Waals surface area (Å²) in [6.45, 7) is 4.76. The van der Waals surface area contributed by atoms with Crippen LogP contribution in [0.25, 0.3) is 0 Å². The van der Waals surface area contributed by atoms with Crippen LogP contribution in [-0.4, -0.2) is 43.4 Å². The van der Waals surface area contributed by atoms with Crippen molar-refractivity contribution in [1.82, 2.24) is 15.5 Å². The molecule has 0 aromatic carbocycles. The second kappa shape index (κ2) is 8.49. The van der Waals surface area contributed by atoms with Gasteiger partial charge in [0, 0.05) is 31.6 Å². The number of fused-ring (bicyclic) bond motifs is 1. The maximum absolute atomic E-state index is 12.5. The van der Waals surface area contributed by atoms with Crippen LogP contribution in [0.4, 0.5) is 0 Å². The van der Waals surface area contributed by atoms with Crippen LogP contribution < -0.4 is 10.6 Å². The van der Waals surface area contributed by atoms with E-state index in [1.54, 1.807) is 29.7 Å². The average Bonchev–Trinajstić information content (AvgIpc) is 3.32. The van der Waals surface area contributed by atoms with E-state index in [-0.39, 0.29) is 12.5 Å². The van der Waals surface area contributed by atoms with Crippen LogP contribution in [0.3, 0.4) is 0 Å². The second-order valence-electron chi connectivity index (χ2n) is 6.20. The third-order valence-electron chi connectivity index (χ3n) is 4.48. The number of hydrogen-bond donors (Lipinski definition) is 2. The van der Waals surface area contributed by atoms with E-state index < -0.39 is 0 Å². The average molecular weight is 377 g/mol. The van der Waals surface area contributed by atoms with Crippen molar-refractivity contribution in [2.75, 3.05) is 26.7 Å². The van der Waals surface area contributed by atoms with Gasteiger partial charge in [0.25, 0.3) is 0 Å². The van der Waals surface area contributed by atoms with E-state index in [1.807, 2.05) is 4.90 Å². The molecule has 1 unspecified atom stereocenters. The molecule has 5 nitrogen and oxygen atoms in total. The topological polar surface area (TPSA) is 56.7 Å². The first kappa shape index (κ1) is 17.9. The minimum absolute atomic E-state index is 0.116. The second-order valence-corrected chi connectivity index (χ2v) is 7.98. The molecule has 7 heteroatoms. The van der Waals surface area contributed by atoms with E-state index in [9.17, 15) is 4.79 Å². The van der Waals surface area contributed by atoms with Crippen LogP contribution in [0.5, 0.6) is 0 Å². The highest BCUT2D eigenvalue weighted by molar-refractivity contribution is 7.10. The van der Waals surface area contributed by atoms with Gasteiger partial charge in [-0.25, -0.2) is 0 Å². The fourth-order valence-corrected chi connectivity index (χ4v) is 4.55. The van der Waals surface area contributed by atoms with Crippen LogP contribution in [0.15, 0.2) is 33.3 Å². The standard InChI is InChI=1S/C18H24N4OS2/c1-13(15-4-7-24-12-15)9-20-18(19-2)21-10-17(23)22-6-3-16-14(11-22)5-8-25-16/h4-5,7-8,12-13H,3,6,9-11H2,1-2H3,(H2,19,20,21). The first-order chi connectivity index (χ1) is 12.2. The first-order valence-electron chi connectivity index (χ1n) is 8.47. The van der Waals surface area contributed by atoms with E-state index in [4.69, 9.17) is 0 Å². The van der Waals surface area contributed by atoms with Crippen molar-refractivity contribution in [1.29, 1.82) is 0 Å². The number of nitrogens with one attached hydrogen (secondary N) is 2. The first-order valence-corrected chi connectivity index (χ1v) is 10.3. The molecular formula is C18H24N4OS2. The molecule has 2 aromatic rings. The molecule has 0 saturated carbocycles. The number of carbonyl (C=O) groups excluding carboxylic acids is 1. The number of carbonyl (C=O) groups is 1. The molecule has 2 aromatic heterocycles. The van der Waals surface area contributed by atoms with Crippen LogP contribution in [-0.2, 0) is 17.8 Å². The summed E-state index contributed by atoms with van der Waals surface area (Å²) >= 11 is 3.50. The van der Waals surface area contributed by atoms with Gasteiger partial charge in [0.05, 0.1) is 6.54 Å². The molecule has 1 atom stereocenters. The van der Waals surface area contributed by atoms with Crippen molar-refractivity contribution in [3.8, 4) is 0 Å². The van der Waals surface area contributed by atoms with Crippen molar-refractivity contribution in [3.05, 3.63) is 44.3 Å². The Hall–Kier alpha value is -1.86. The molecule has 0 bridgehead atoms. The zero-order valence-electron chi connectivity index (χ0n) is 14.6. The zero-order chi connectivity index (χ0) is 17.6. The highest BCUT2D eigenvalue weighted by Gasteiger charge is 2.21. The zero-order valence-corrected chi connectivity index (χ0v) is 16.3. The minimum atomic E-state index is 0.116. The van der Waals surface area contributed by atoms with Gasteiger partial charge < -0.3 is 15.5 Å². The quantitative estimate of drug-likeness (QED) is 0.623. The van der Waals surface area contributed by atoms with Crippen molar-refractivity contribution in [2.45, 2.75) is 25.8 Å². The third-order valence-corrected chi connectivity index (χ3v) is 6.20. The van der Waals surface area contributed by atoms with Gasteiger partial charge in [-0.15, -0.1) is 11.3 Å². The maximum atomic E-state index is 12.5. The minimum Gasteiger partial charge on any atom is -0.356 e. The maximum Gasteiger partial charge on any atom is 0.242 e. The number of thiophene rings is 2. The number of guanidine groups is 1. The molecule has 0 fully saturated rings. The van der Waals surface area contributed by atoms with Gasteiger partial charge in [0.2, 0.25) is 5.91 Å². The monoisotopic (exact) mass is 376 g/mol. The predicted molar refractivity (Wildman–Crippen MR) is 106 cm³/mol. The normalized spacial score (nSPS) is 15.6. The summed E-state index contributed by atoms with van der Waals surface area (Å²) in [5, 5.41) is 12.8. The lowest BCUT2D eigenvalue weighted by molar-refractivity contribution is -0.130. The molecule has 0 saturated heterocycles. The Kier molecular flexibility index (Phi) is 6.09. The number of aliphatic imine (C=N–C) groups is 1. The van der Waals surface area contributed by atoms with Gasteiger partial charge in [0.1, 0.15) is 0 Å². The Morgan fingerprint density at radius 2 is 2.24 bits per heavy atom. The molecule has 0 aliphatic carbocycles. The Labute approximate surface area is 156 Å². The Balaban J connectivity index is 1.44. The fourth-order valence-electron chi connectivity index (χ4n) is 2.88. The van der Waals surface area contributed by atoms with E-state index in [1.165, 1.54) is 16.0 Å². The molecule has 134 valence electrons. The summed E-state index contributed by atoms with van der Waals surface area (Å²) in [6.07, 6.45) is 0.962. The van der Waals surface area contributed by atoms with Gasteiger partial charge in [-0.05, 0) is 51.7 Å². The van der Waals surface area contributed by atoms with Crippen LogP contribution in [0.2, 0.25) is 0 Å². The van der Waals surface area contributed by atoms with E-state index in [0.29, 0.717) is 11.9 Å². The lowest BCUT2D eigenvalue weighted by Gasteiger charge is -2.27. The van der Waals surface area contributed by atoms with Crippen molar-refractivity contribution < 1.29 is 4.79 Å². The third kappa shape index (κ3) is 4.61. The van der Waals surface area contributed by atoms with Crippen molar-refractivity contribution in [3.63, 3.8) is 0 Å². The highest BCUT2D eigenvalue weighted by Crippen LogP contribution is 2.23. The summed E-state index contributed by atoms with van der Waals surface area (Å²) < 4.78 is 0. The van der Waals surface area contributed by atoms with E-state index >= 15 is 0 Å². The molecular weight excluding hydrogens is 352 g/mol. The molecule has 3 heterocycles. The van der Waals surface area contributed by atoms with Crippen molar-refractivity contribution >= 4 is 34.5 Å². The molecule has 1 amide bonds. The van der Waals surface area contributed by atoms with Gasteiger partial charge in [-0.3, -0.25) is 9.79 Å². The van der Waals surface area contributed by atoms with E-state index in [0.717, 1.165) is 26.1 Å². The van der Waals surface area contributed by atoms with Gasteiger partial charge in [-0.1, -0.05) is 6.92 Å². The van der Waals surface area contributed by atoms with Crippen LogP contribution in [0.1, 0.15) is 28.8 Å². The van der Waals surface area contributed by atoms with Crippen LogP contribution in [0, 0.1) is 0 Å². The molecule has 2 N–H and O–H groups in total. The smallest absolute Gasteiger partial charge is 0.242 e. The molecule has 1 aliphatic heterocycles. The molecule has 25 heavy (non-hydrogen) atoms. The highest BCUT2D eigenvalue weighted by atomic mass is 32.1. The van der Waals surface area contributed by atoms with Gasteiger partial charge in [0.15, 0.2) is 5.96 Å². The number of nitrogens with zero attached hydrogens (tertiary/aromatic N) is 2. The fraction of sp³-hybridized carbons (Fsp3) is 0.444. The lowest BCUT2D eigenvalue weighted by Crippen LogP contribution is -2.46. The summed E-state index contributed by atoms with van der Waals surface area (Å²) in [5.74, 6) is 1.19. The van der Waals surface area contributed by atoms with Gasteiger partial charge in [-0.2, -0.15) is 11.3 Å². The molecule has 0 radical (unpaired) electrons. The number of rotatable bonds is 5. The lowest BCUT2D eigenvalue weighted by atomic mass is 10.1. The molecule has 0 spiro atoms. The Bertz CT molecular complexity index is 723. The van der Waals surface area contributed by atoms with E-state index in [2.05, 4.69) is 50.8 Å². The summed E-state index contributed by atoms with van der Waals surface area (Å²) in [7, 11) is 1.73. The number of hydrogen-bond acceptors (Lipinski definition) is 4. The summed E-state index contributed by atoms with van der Waals surface area (Å²) in [4.78, 5) is 20.0. The number of amides is 1. The summed E-state index contributed by atoms with van der Waals surface area (Å²) in [5.41, 5.74) is 2.61. The Morgan fingerprint density at radius 1 is 1.36 bits per heavy atom. The van der Waals surface area contributed by atoms with Crippen LogP contribution >= 0.6 is 22.7 Å².